The standard InChI is InChI=1S/C17H19NO4/c1-22-16-5-3-2-4-13(16)11-17(21)18-9-8-12-6-7-14(19)15(20)10-12/h2-7,10,19-20H,8-9,11H2,1H3,(H,18,21). The molecule has 0 spiro atoms. The fraction of sp³-hybridized carbons (Fsp3) is 0.235. The van der Waals surface area contributed by atoms with E-state index in [-0.39, 0.29) is 23.8 Å². The van der Waals surface area contributed by atoms with Gasteiger partial charge in [-0.3, -0.25) is 4.79 Å². The van der Waals surface area contributed by atoms with Crippen molar-refractivity contribution < 1.29 is 19.7 Å². The number of ether oxygens (including phenoxy) is 1. The summed E-state index contributed by atoms with van der Waals surface area (Å²) in [4.78, 5) is 11.9. The predicted octanol–water partition coefficient (Wildman–Crippen LogP) is 2.01. The van der Waals surface area contributed by atoms with Crippen molar-refractivity contribution in [1.29, 1.82) is 0 Å². The molecule has 22 heavy (non-hydrogen) atoms. The van der Waals surface area contributed by atoms with Crippen LogP contribution >= 0.6 is 0 Å². The van der Waals surface area contributed by atoms with Gasteiger partial charge in [0.25, 0.3) is 0 Å². The van der Waals surface area contributed by atoms with Crippen LogP contribution in [0.3, 0.4) is 0 Å². The number of hydrogen-bond donors (Lipinski definition) is 3. The van der Waals surface area contributed by atoms with Crippen LogP contribution in [0.5, 0.6) is 17.2 Å². The molecule has 5 nitrogen and oxygen atoms in total. The molecule has 0 bridgehead atoms. The lowest BCUT2D eigenvalue weighted by Gasteiger charge is -2.09. The zero-order valence-electron chi connectivity index (χ0n) is 12.4. The van der Waals surface area contributed by atoms with Gasteiger partial charge in [0.05, 0.1) is 13.5 Å². The van der Waals surface area contributed by atoms with E-state index in [0.29, 0.717) is 18.7 Å². The molecule has 0 aliphatic rings. The van der Waals surface area contributed by atoms with Gasteiger partial charge in [0.15, 0.2) is 11.5 Å². The molecule has 0 fully saturated rings. The number of amides is 1. The fourth-order valence-electron chi connectivity index (χ4n) is 2.16. The molecular formula is C17H19NO4. The lowest BCUT2D eigenvalue weighted by Crippen LogP contribution is -2.27. The van der Waals surface area contributed by atoms with E-state index in [9.17, 15) is 15.0 Å². The van der Waals surface area contributed by atoms with E-state index in [0.717, 1.165) is 11.1 Å². The number of rotatable bonds is 6. The molecule has 0 saturated heterocycles. The zero-order chi connectivity index (χ0) is 15.9. The second-order valence-corrected chi connectivity index (χ2v) is 4.91. The molecule has 116 valence electrons. The number of phenolic OH excluding ortho intramolecular Hbond substituents is 2. The molecule has 2 aromatic carbocycles. The Labute approximate surface area is 129 Å². The normalized spacial score (nSPS) is 10.2. The Balaban J connectivity index is 1.84. The molecule has 0 unspecified atom stereocenters. The van der Waals surface area contributed by atoms with Gasteiger partial charge in [0.1, 0.15) is 5.75 Å². The number of para-hydroxylation sites is 1. The minimum atomic E-state index is -0.155. The smallest absolute Gasteiger partial charge is 0.224 e. The molecule has 3 N–H and O–H groups in total. The van der Waals surface area contributed by atoms with Crippen LogP contribution in [0.1, 0.15) is 11.1 Å². The van der Waals surface area contributed by atoms with Crippen LogP contribution in [0.4, 0.5) is 0 Å². The minimum absolute atomic E-state index is 0.0903. The van der Waals surface area contributed by atoms with Gasteiger partial charge in [-0.25, -0.2) is 0 Å². The Morgan fingerprint density at radius 1 is 1.14 bits per heavy atom. The van der Waals surface area contributed by atoms with Gasteiger partial charge in [-0.2, -0.15) is 0 Å². The topological polar surface area (TPSA) is 78.8 Å². The van der Waals surface area contributed by atoms with E-state index in [1.54, 1.807) is 13.2 Å². The van der Waals surface area contributed by atoms with E-state index in [2.05, 4.69) is 5.32 Å². The zero-order valence-corrected chi connectivity index (χ0v) is 12.4. The number of phenols is 2. The number of benzene rings is 2. The molecular weight excluding hydrogens is 282 g/mol. The van der Waals surface area contributed by atoms with E-state index < -0.39 is 0 Å². The summed E-state index contributed by atoms with van der Waals surface area (Å²) in [5.74, 6) is 0.301. The van der Waals surface area contributed by atoms with E-state index in [4.69, 9.17) is 4.74 Å². The Bertz CT molecular complexity index is 655. The lowest BCUT2D eigenvalue weighted by molar-refractivity contribution is -0.120. The molecule has 0 radical (unpaired) electrons. The Morgan fingerprint density at radius 3 is 2.64 bits per heavy atom. The first-order valence-electron chi connectivity index (χ1n) is 6.99. The third kappa shape index (κ3) is 4.15. The summed E-state index contributed by atoms with van der Waals surface area (Å²) >= 11 is 0. The van der Waals surface area contributed by atoms with E-state index in [1.807, 2.05) is 24.3 Å². The van der Waals surface area contributed by atoms with Crippen molar-refractivity contribution >= 4 is 5.91 Å². The van der Waals surface area contributed by atoms with Crippen molar-refractivity contribution in [2.75, 3.05) is 13.7 Å². The first-order valence-corrected chi connectivity index (χ1v) is 6.99. The highest BCUT2D eigenvalue weighted by Gasteiger charge is 2.08. The van der Waals surface area contributed by atoms with Gasteiger partial charge in [-0.1, -0.05) is 24.3 Å². The van der Waals surface area contributed by atoms with Crippen LogP contribution < -0.4 is 10.1 Å². The minimum Gasteiger partial charge on any atom is -0.504 e. The summed E-state index contributed by atoms with van der Waals surface area (Å²) in [5.41, 5.74) is 1.68. The molecule has 0 saturated carbocycles. The molecule has 0 aliphatic heterocycles. The average molecular weight is 301 g/mol. The highest BCUT2D eigenvalue weighted by molar-refractivity contribution is 5.79. The SMILES string of the molecule is COc1ccccc1CC(=O)NCCc1ccc(O)c(O)c1. The van der Waals surface area contributed by atoms with Crippen molar-refractivity contribution in [2.24, 2.45) is 0 Å². The molecule has 0 aliphatic carbocycles. The van der Waals surface area contributed by atoms with Gasteiger partial charge in [0.2, 0.25) is 5.91 Å². The van der Waals surface area contributed by atoms with Crippen LogP contribution in [-0.2, 0) is 17.6 Å². The van der Waals surface area contributed by atoms with Crippen molar-refractivity contribution in [1.82, 2.24) is 5.32 Å². The van der Waals surface area contributed by atoms with Crippen LogP contribution in [0.2, 0.25) is 0 Å². The van der Waals surface area contributed by atoms with Crippen molar-refractivity contribution in [2.45, 2.75) is 12.8 Å². The third-order valence-corrected chi connectivity index (χ3v) is 3.32. The van der Waals surface area contributed by atoms with Crippen LogP contribution in [0.25, 0.3) is 0 Å². The van der Waals surface area contributed by atoms with Gasteiger partial charge in [-0.05, 0) is 30.2 Å². The van der Waals surface area contributed by atoms with Crippen molar-refractivity contribution in [3.8, 4) is 17.2 Å². The fourth-order valence-corrected chi connectivity index (χ4v) is 2.16. The van der Waals surface area contributed by atoms with Gasteiger partial charge in [-0.15, -0.1) is 0 Å². The third-order valence-electron chi connectivity index (χ3n) is 3.32. The number of hydrogen-bond acceptors (Lipinski definition) is 4. The molecule has 1 amide bonds. The van der Waals surface area contributed by atoms with Crippen molar-refractivity contribution in [3.05, 3.63) is 53.6 Å². The van der Waals surface area contributed by atoms with Crippen LogP contribution in [0.15, 0.2) is 42.5 Å². The number of carbonyl (C=O) groups is 1. The van der Waals surface area contributed by atoms with E-state index in [1.165, 1.54) is 12.1 Å². The first-order chi connectivity index (χ1) is 10.6. The highest BCUT2D eigenvalue weighted by atomic mass is 16.5. The molecule has 0 aromatic heterocycles. The maximum Gasteiger partial charge on any atom is 0.224 e. The Morgan fingerprint density at radius 2 is 1.91 bits per heavy atom. The van der Waals surface area contributed by atoms with Gasteiger partial charge >= 0.3 is 0 Å². The molecule has 0 atom stereocenters. The molecule has 0 heterocycles. The average Bonchev–Trinajstić information content (AvgIpc) is 2.51. The van der Waals surface area contributed by atoms with Crippen LogP contribution in [0, 0.1) is 0 Å². The second kappa shape index (κ2) is 7.36. The van der Waals surface area contributed by atoms with Crippen molar-refractivity contribution in [3.63, 3.8) is 0 Å². The maximum absolute atomic E-state index is 11.9. The summed E-state index contributed by atoms with van der Waals surface area (Å²) in [6, 6.07) is 12.0. The quantitative estimate of drug-likeness (QED) is 0.713. The number of methoxy groups -OCH3 is 1. The van der Waals surface area contributed by atoms with Gasteiger partial charge in [0, 0.05) is 12.1 Å². The number of nitrogens with one attached hydrogen (secondary N) is 1. The monoisotopic (exact) mass is 301 g/mol. The number of carbonyl (C=O) groups excluding carboxylic acids is 1. The molecule has 2 rings (SSSR count). The highest BCUT2D eigenvalue weighted by Crippen LogP contribution is 2.24. The summed E-state index contributed by atoms with van der Waals surface area (Å²) in [6.07, 6.45) is 0.830. The lowest BCUT2D eigenvalue weighted by atomic mass is 10.1. The largest absolute Gasteiger partial charge is 0.504 e. The van der Waals surface area contributed by atoms with Crippen LogP contribution in [-0.4, -0.2) is 29.8 Å². The molecule has 5 heteroatoms. The van der Waals surface area contributed by atoms with Gasteiger partial charge < -0.3 is 20.3 Å². The summed E-state index contributed by atoms with van der Waals surface area (Å²) in [6.45, 7) is 0.457. The maximum atomic E-state index is 11.9. The van der Waals surface area contributed by atoms with E-state index >= 15 is 0 Å². The Hall–Kier alpha value is -2.69. The molecule has 2 aromatic rings. The second-order valence-electron chi connectivity index (χ2n) is 4.91. The summed E-state index contributed by atoms with van der Waals surface area (Å²) < 4.78 is 5.21. The Kier molecular flexibility index (Phi) is 5.25. The summed E-state index contributed by atoms with van der Waals surface area (Å²) in [7, 11) is 1.58. The number of aromatic hydroxyl groups is 2. The first kappa shape index (κ1) is 15.7. The summed E-state index contributed by atoms with van der Waals surface area (Å²) in [5, 5.41) is 21.5. The predicted molar refractivity (Wildman–Crippen MR) is 83.2 cm³/mol.